The fourth-order valence-corrected chi connectivity index (χ4v) is 5.09. The second-order valence-corrected chi connectivity index (χ2v) is 12.9. The van der Waals surface area contributed by atoms with Crippen molar-refractivity contribution in [1.29, 1.82) is 0 Å². The Labute approximate surface area is 233 Å². The second-order valence-electron chi connectivity index (χ2n) is 11.8. The molecule has 222 valence electrons. The van der Waals surface area contributed by atoms with Crippen LogP contribution in [0.1, 0.15) is 92.2 Å². The van der Waals surface area contributed by atoms with Crippen molar-refractivity contribution >= 4 is 14.5 Å². The Balaban J connectivity index is 2.14. The van der Waals surface area contributed by atoms with Crippen molar-refractivity contribution in [2.75, 3.05) is 19.8 Å². The molecule has 39 heavy (non-hydrogen) atoms. The smallest absolute Gasteiger partial charge is 0.419 e. The fraction of sp³-hybridized carbons (Fsp3) is 0.690. The van der Waals surface area contributed by atoms with Crippen LogP contribution < -0.4 is 4.74 Å². The molecule has 1 aliphatic rings. The first-order valence-electron chi connectivity index (χ1n) is 13.5. The summed E-state index contributed by atoms with van der Waals surface area (Å²) in [7, 11) is -1.70. The predicted molar refractivity (Wildman–Crippen MR) is 150 cm³/mol. The van der Waals surface area contributed by atoms with E-state index in [1.54, 1.807) is 19.1 Å². The highest BCUT2D eigenvalue weighted by molar-refractivity contribution is 7.41. The van der Waals surface area contributed by atoms with Gasteiger partial charge >= 0.3 is 14.8 Å². The Morgan fingerprint density at radius 3 is 2.26 bits per heavy atom. The third kappa shape index (κ3) is 12.6. The molecule has 0 radical (unpaired) electrons. The minimum absolute atomic E-state index is 0.0914. The Hall–Kier alpha value is -1.67. The number of allylic oxidation sites excluding steroid dienone is 1. The molecule has 6 nitrogen and oxygen atoms in total. The summed E-state index contributed by atoms with van der Waals surface area (Å²) in [5.74, 6) is 0.343. The predicted octanol–water partition coefficient (Wildman–Crippen LogP) is 8.82. The van der Waals surface area contributed by atoms with Gasteiger partial charge in [-0.3, -0.25) is 0 Å². The van der Waals surface area contributed by atoms with E-state index in [9.17, 15) is 13.2 Å². The molecule has 0 aromatic heterocycles. The Bertz CT molecular complexity index is 953. The van der Waals surface area contributed by atoms with Gasteiger partial charge in [0.25, 0.3) is 0 Å². The van der Waals surface area contributed by atoms with E-state index in [2.05, 4.69) is 11.9 Å². The van der Waals surface area contributed by atoms with Crippen molar-refractivity contribution in [2.45, 2.75) is 110 Å². The molecule has 10 heteroatoms. The molecule has 0 bridgehead atoms. The van der Waals surface area contributed by atoms with Gasteiger partial charge < -0.3 is 23.0 Å². The third-order valence-corrected chi connectivity index (χ3v) is 7.27. The van der Waals surface area contributed by atoms with E-state index in [4.69, 9.17) is 23.0 Å². The number of benzene rings is 1. The van der Waals surface area contributed by atoms with Crippen LogP contribution in [0.2, 0.25) is 0 Å². The molecule has 1 unspecified atom stereocenters. The minimum atomic E-state index is -4.53. The molecule has 1 aliphatic heterocycles. The SMILES string of the molecule is CCCC/C=C/COc1ccc(CCC2(COP(OC(C)(C)C)OC(C)(C)C)COC(C)=N2)cc1C(F)(F)F. The van der Waals surface area contributed by atoms with Crippen LogP contribution in [0.3, 0.4) is 0 Å². The van der Waals surface area contributed by atoms with Crippen LogP contribution in [0.4, 0.5) is 13.2 Å². The van der Waals surface area contributed by atoms with Gasteiger partial charge in [-0.1, -0.05) is 38.0 Å². The number of halogens is 3. The maximum absolute atomic E-state index is 13.9. The molecule has 0 amide bonds. The van der Waals surface area contributed by atoms with Crippen LogP contribution in [0.5, 0.6) is 5.75 Å². The molecule has 1 aromatic carbocycles. The van der Waals surface area contributed by atoms with Crippen LogP contribution in [0.25, 0.3) is 0 Å². The van der Waals surface area contributed by atoms with Crippen LogP contribution >= 0.6 is 8.60 Å². The average molecular weight is 576 g/mol. The molecule has 0 fully saturated rings. The normalized spacial score (nSPS) is 18.6. The number of aliphatic imine (C=N–C) groups is 1. The van der Waals surface area contributed by atoms with Crippen molar-refractivity contribution < 1.29 is 36.2 Å². The molecular formula is C29H45F3NO5P. The molecule has 1 heterocycles. The number of aryl methyl sites for hydroxylation is 1. The first-order chi connectivity index (χ1) is 18.0. The summed E-state index contributed by atoms with van der Waals surface area (Å²) in [6.07, 6.45) is 2.92. The quantitative estimate of drug-likeness (QED) is 0.126. The Morgan fingerprint density at radius 2 is 1.72 bits per heavy atom. The van der Waals surface area contributed by atoms with E-state index >= 15 is 0 Å². The standard InChI is InChI=1S/C29H45F3NO5P/c1-9-10-11-12-13-18-34-25-15-14-23(19-24(25)29(30,31)32)16-17-28(20-35-22(2)33-28)21-36-39(37-26(3,4)5)38-27(6,7)8/h12-15,19H,9-11,16-18,20-21H2,1-8H3/b13-12+. The Morgan fingerprint density at radius 1 is 1.05 bits per heavy atom. The lowest BCUT2D eigenvalue weighted by Gasteiger charge is -2.32. The Kier molecular flexibility index (Phi) is 12.3. The molecule has 1 atom stereocenters. The number of nitrogens with zero attached hydrogens (tertiary/aromatic N) is 1. The maximum Gasteiger partial charge on any atom is 0.419 e. The number of rotatable bonds is 14. The first kappa shape index (κ1) is 33.5. The highest BCUT2D eigenvalue weighted by atomic mass is 31.2. The minimum Gasteiger partial charge on any atom is -0.489 e. The van der Waals surface area contributed by atoms with Crippen molar-refractivity contribution in [3.8, 4) is 5.75 Å². The molecule has 1 aromatic rings. The number of alkyl halides is 3. The van der Waals surface area contributed by atoms with E-state index < -0.39 is 37.1 Å². The van der Waals surface area contributed by atoms with Gasteiger partial charge in [0.15, 0.2) is 5.90 Å². The lowest BCUT2D eigenvalue weighted by atomic mass is 9.93. The van der Waals surface area contributed by atoms with E-state index in [0.29, 0.717) is 24.3 Å². The highest BCUT2D eigenvalue weighted by Crippen LogP contribution is 2.48. The molecule has 0 spiro atoms. The molecule has 2 rings (SSSR count). The third-order valence-electron chi connectivity index (χ3n) is 5.53. The number of hydrogen-bond acceptors (Lipinski definition) is 6. The molecule has 0 saturated heterocycles. The van der Waals surface area contributed by atoms with E-state index in [-0.39, 0.29) is 25.6 Å². The van der Waals surface area contributed by atoms with Crippen molar-refractivity contribution in [1.82, 2.24) is 0 Å². The summed E-state index contributed by atoms with van der Waals surface area (Å²) in [6, 6.07) is 4.23. The number of ether oxygens (including phenoxy) is 2. The van der Waals surface area contributed by atoms with E-state index in [0.717, 1.165) is 25.3 Å². The van der Waals surface area contributed by atoms with Crippen LogP contribution in [0, 0.1) is 0 Å². The monoisotopic (exact) mass is 575 g/mol. The fourth-order valence-electron chi connectivity index (χ4n) is 3.71. The zero-order valence-corrected chi connectivity index (χ0v) is 25.5. The maximum atomic E-state index is 13.9. The molecule has 0 saturated carbocycles. The average Bonchev–Trinajstić information content (AvgIpc) is 3.17. The second kappa shape index (κ2) is 14.3. The van der Waals surface area contributed by atoms with E-state index in [1.807, 2.05) is 47.6 Å². The van der Waals surface area contributed by atoms with Gasteiger partial charge in [0.2, 0.25) is 0 Å². The zero-order chi connectivity index (χ0) is 29.3. The summed E-state index contributed by atoms with van der Waals surface area (Å²) < 4.78 is 70.9. The van der Waals surface area contributed by atoms with Gasteiger partial charge in [-0.05, 0) is 78.5 Å². The van der Waals surface area contributed by atoms with Gasteiger partial charge in [0.1, 0.15) is 24.5 Å². The molecule has 0 aliphatic carbocycles. The van der Waals surface area contributed by atoms with Crippen molar-refractivity contribution in [3.63, 3.8) is 0 Å². The summed E-state index contributed by atoms with van der Waals surface area (Å²) in [5.41, 5.74) is -1.98. The van der Waals surface area contributed by atoms with Gasteiger partial charge in [0.05, 0.1) is 23.4 Å². The lowest BCUT2D eigenvalue weighted by Crippen LogP contribution is -2.35. The largest absolute Gasteiger partial charge is 0.489 e. The van der Waals surface area contributed by atoms with Gasteiger partial charge in [-0.15, -0.1) is 0 Å². The van der Waals surface area contributed by atoms with Gasteiger partial charge in [-0.2, -0.15) is 13.2 Å². The van der Waals surface area contributed by atoms with Crippen LogP contribution in [0.15, 0.2) is 35.3 Å². The lowest BCUT2D eigenvalue weighted by molar-refractivity contribution is -0.138. The van der Waals surface area contributed by atoms with Crippen molar-refractivity contribution in [2.24, 2.45) is 4.99 Å². The summed E-state index contributed by atoms with van der Waals surface area (Å²) in [4.78, 5) is 4.67. The number of unbranched alkanes of at least 4 members (excludes halogenated alkanes) is 2. The van der Waals surface area contributed by atoms with Gasteiger partial charge in [0, 0.05) is 6.92 Å². The van der Waals surface area contributed by atoms with Gasteiger partial charge in [-0.25, -0.2) is 4.99 Å². The summed E-state index contributed by atoms with van der Waals surface area (Å²) in [5, 5.41) is 0. The van der Waals surface area contributed by atoms with E-state index in [1.165, 1.54) is 6.07 Å². The number of hydrogen-bond donors (Lipinski definition) is 0. The van der Waals surface area contributed by atoms with Crippen molar-refractivity contribution in [3.05, 3.63) is 41.5 Å². The summed E-state index contributed by atoms with van der Waals surface area (Å²) in [6.45, 7) is 15.9. The molecule has 0 N–H and O–H groups in total. The molecular weight excluding hydrogens is 530 g/mol. The van der Waals surface area contributed by atoms with Crippen LogP contribution in [-0.2, 0) is 30.9 Å². The van der Waals surface area contributed by atoms with Crippen LogP contribution in [-0.4, -0.2) is 42.5 Å². The summed E-state index contributed by atoms with van der Waals surface area (Å²) >= 11 is 0. The zero-order valence-electron chi connectivity index (χ0n) is 24.6. The topological polar surface area (TPSA) is 58.5 Å². The highest BCUT2D eigenvalue weighted by Gasteiger charge is 2.39. The first-order valence-corrected chi connectivity index (χ1v) is 14.6.